The summed E-state index contributed by atoms with van der Waals surface area (Å²) in [5.41, 5.74) is 1.74. The van der Waals surface area contributed by atoms with Gasteiger partial charge >= 0.3 is 0 Å². The smallest absolute Gasteiger partial charge is 0.0886 e. The molecule has 52 valence electrons. The Morgan fingerprint density at radius 2 is 2.30 bits per heavy atom. The second kappa shape index (κ2) is 3.11. The van der Waals surface area contributed by atoms with Crippen LogP contribution in [-0.2, 0) is 0 Å². The minimum Gasteiger partial charge on any atom is -0.145 e. The van der Waals surface area contributed by atoms with Crippen LogP contribution in [-0.4, -0.2) is 0 Å². The normalized spacial score (nSPS) is 17.3. The molecule has 0 amide bonds. The van der Waals surface area contributed by atoms with Gasteiger partial charge < -0.3 is 0 Å². The van der Waals surface area contributed by atoms with E-state index in [2.05, 4.69) is 5.18 Å². The van der Waals surface area contributed by atoms with Crippen molar-refractivity contribution in [3.63, 3.8) is 0 Å². The molecule has 1 aliphatic carbocycles. The number of allylic oxidation sites excluding steroid dienone is 5. The van der Waals surface area contributed by atoms with Gasteiger partial charge in [0.25, 0.3) is 0 Å². The molecule has 0 aliphatic heterocycles. The topological polar surface area (TPSA) is 29.4 Å². The first kappa shape index (κ1) is 6.93. The van der Waals surface area contributed by atoms with Crippen molar-refractivity contribution in [1.29, 1.82) is 0 Å². The Kier molecular flexibility index (Phi) is 2.15. The molecule has 10 heavy (non-hydrogen) atoms. The zero-order valence-corrected chi connectivity index (χ0v) is 5.87. The van der Waals surface area contributed by atoms with E-state index in [0.717, 1.165) is 5.57 Å². The molecule has 0 radical (unpaired) electrons. The first-order chi connectivity index (χ1) is 4.83. The molecule has 0 saturated carbocycles. The molecule has 0 unspecified atom stereocenters. The number of nitroso groups, excluding NO2 is 1. The lowest BCUT2D eigenvalue weighted by Gasteiger charge is -1.83. The molecule has 1 aliphatic rings. The van der Waals surface area contributed by atoms with E-state index < -0.39 is 0 Å². The highest BCUT2D eigenvalue weighted by atomic mass is 16.3. The van der Waals surface area contributed by atoms with Gasteiger partial charge in [-0.25, -0.2) is 0 Å². The molecule has 0 spiro atoms. The number of hydrogen-bond acceptors (Lipinski definition) is 2. The molecule has 0 fully saturated rings. The van der Waals surface area contributed by atoms with Gasteiger partial charge in [0.2, 0.25) is 0 Å². The minimum atomic E-state index is 0.591. The Labute approximate surface area is 59.9 Å². The molecular weight excluding hydrogens is 126 g/mol. The molecule has 0 bridgehead atoms. The van der Waals surface area contributed by atoms with Crippen molar-refractivity contribution in [1.82, 2.24) is 0 Å². The highest BCUT2D eigenvalue weighted by Crippen LogP contribution is 2.10. The number of hydrogen-bond donors (Lipinski definition) is 0. The third-order valence-corrected chi connectivity index (χ3v) is 1.36. The van der Waals surface area contributed by atoms with Crippen LogP contribution in [0.2, 0.25) is 0 Å². The van der Waals surface area contributed by atoms with E-state index >= 15 is 0 Å². The first-order valence-corrected chi connectivity index (χ1v) is 3.20. The van der Waals surface area contributed by atoms with Gasteiger partial charge in [0, 0.05) is 6.42 Å². The Hall–Kier alpha value is -1.18. The van der Waals surface area contributed by atoms with Crippen LogP contribution in [0.25, 0.3) is 0 Å². The number of nitrogens with zero attached hydrogens (tertiary/aromatic N) is 1. The lowest BCUT2D eigenvalue weighted by molar-refractivity contribution is 1.16. The lowest BCUT2D eigenvalue weighted by atomic mass is 10.3. The lowest BCUT2D eigenvalue weighted by Crippen LogP contribution is -1.69. The summed E-state index contributed by atoms with van der Waals surface area (Å²) in [6, 6.07) is 0. The maximum atomic E-state index is 10.0. The fourth-order valence-corrected chi connectivity index (χ4v) is 0.784. The zero-order chi connectivity index (χ0) is 7.40. The second-order valence-corrected chi connectivity index (χ2v) is 2.27. The minimum absolute atomic E-state index is 0.591. The average Bonchev–Trinajstić information content (AvgIpc) is 2.14. The van der Waals surface area contributed by atoms with Gasteiger partial charge in [0.15, 0.2) is 0 Å². The Morgan fingerprint density at radius 3 is 3.00 bits per heavy atom. The summed E-state index contributed by atoms with van der Waals surface area (Å²) in [6.07, 6.45) is 8.21. The molecule has 2 heteroatoms. The van der Waals surface area contributed by atoms with E-state index in [4.69, 9.17) is 0 Å². The molecule has 0 aromatic rings. The van der Waals surface area contributed by atoms with Crippen molar-refractivity contribution in [3.8, 4) is 0 Å². The van der Waals surface area contributed by atoms with Crippen LogP contribution in [0.5, 0.6) is 0 Å². The van der Waals surface area contributed by atoms with Gasteiger partial charge in [-0.2, -0.15) is 0 Å². The molecule has 0 aromatic carbocycles. The van der Waals surface area contributed by atoms with Crippen LogP contribution in [0.3, 0.4) is 0 Å². The molecule has 0 aromatic heterocycles. The van der Waals surface area contributed by atoms with Crippen molar-refractivity contribution in [2.75, 3.05) is 0 Å². The van der Waals surface area contributed by atoms with E-state index in [1.807, 2.05) is 25.2 Å². The SMILES string of the molecule is CC1=CC=C(N=O)CC=C1. The van der Waals surface area contributed by atoms with Crippen LogP contribution in [0.4, 0.5) is 0 Å². The number of rotatable bonds is 1. The van der Waals surface area contributed by atoms with Gasteiger partial charge in [0.1, 0.15) is 0 Å². The fourth-order valence-electron chi connectivity index (χ4n) is 0.784. The molecule has 2 nitrogen and oxygen atoms in total. The zero-order valence-electron chi connectivity index (χ0n) is 5.87. The predicted molar refractivity (Wildman–Crippen MR) is 41.4 cm³/mol. The third-order valence-electron chi connectivity index (χ3n) is 1.36. The summed E-state index contributed by atoms with van der Waals surface area (Å²) in [4.78, 5) is 10.0. The van der Waals surface area contributed by atoms with Gasteiger partial charge in [-0.15, -0.1) is 4.91 Å². The third kappa shape index (κ3) is 1.65. The van der Waals surface area contributed by atoms with Crippen LogP contribution in [0.15, 0.2) is 40.8 Å². The monoisotopic (exact) mass is 135 g/mol. The van der Waals surface area contributed by atoms with Crippen LogP contribution in [0.1, 0.15) is 13.3 Å². The molecule has 0 saturated heterocycles. The summed E-state index contributed by atoms with van der Waals surface area (Å²) in [5, 5.41) is 2.86. The quantitative estimate of drug-likeness (QED) is 0.508. The maximum absolute atomic E-state index is 10.0. The van der Waals surface area contributed by atoms with Crippen molar-refractivity contribution in [3.05, 3.63) is 40.5 Å². The van der Waals surface area contributed by atoms with E-state index in [9.17, 15) is 4.91 Å². The predicted octanol–water partition coefficient (Wildman–Crippen LogP) is 2.54. The van der Waals surface area contributed by atoms with E-state index in [0.29, 0.717) is 12.1 Å². The summed E-state index contributed by atoms with van der Waals surface area (Å²) < 4.78 is 0. The van der Waals surface area contributed by atoms with E-state index in [1.165, 1.54) is 0 Å². The highest BCUT2D eigenvalue weighted by molar-refractivity contribution is 5.28. The van der Waals surface area contributed by atoms with Crippen molar-refractivity contribution in [2.24, 2.45) is 5.18 Å². The summed E-state index contributed by atoms with van der Waals surface area (Å²) in [6.45, 7) is 1.99. The fraction of sp³-hybridized carbons (Fsp3) is 0.250. The molecular formula is C8H9NO. The molecule has 0 heterocycles. The van der Waals surface area contributed by atoms with Gasteiger partial charge in [-0.05, 0) is 18.2 Å². The summed E-state index contributed by atoms with van der Waals surface area (Å²) in [7, 11) is 0. The Morgan fingerprint density at radius 1 is 1.50 bits per heavy atom. The largest absolute Gasteiger partial charge is 0.145 e. The Balaban J connectivity index is 2.83. The van der Waals surface area contributed by atoms with Crippen molar-refractivity contribution < 1.29 is 0 Å². The average molecular weight is 135 g/mol. The maximum Gasteiger partial charge on any atom is 0.0886 e. The molecule has 0 atom stereocenters. The van der Waals surface area contributed by atoms with Crippen LogP contribution < -0.4 is 0 Å². The standard InChI is InChI=1S/C8H9NO/c1-7-3-2-4-8(9-10)6-5-7/h2-3,5-6H,4H2,1H3. The second-order valence-electron chi connectivity index (χ2n) is 2.27. The molecule has 1 rings (SSSR count). The molecule has 0 N–H and O–H groups in total. The van der Waals surface area contributed by atoms with Crippen molar-refractivity contribution in [2.45, 2.75) is 13.3 Å². The van der Waals surface area contributed by atoms with Gasteiger partial charge in [-0.3, -0.25) is 0 Å². The summed E-state index contributed by atoms with van der Waals surface area (Å²) in [5.74, 6) is 0. The van der Waals surface area contributed by atoms with E-state index in [-0.39, 0.29) is 0 Å². The van der Waals surface area contributed by atoms with E-state index in [1.54, 1.807) is 6.08 Å². The Bertz CT molecular complexity index is 223. The van der Waals surface area contributed by atoms with Crippen LogP contribution in [0, 0.1) is 4.91 Å². The first-order valence-electron chi connectivity index (χ1n) is 3.20. The highest BCUT2D eigenvalue weighted by Gasteiger charge is 1.94. The van der Waals surface area contributed by atoms with Gasteiger partial charge in [0.05, 0.1) is 5.70 Å². The summed E-state index contributed by atoms with van der Waals surface area (Å²) >= 11 is 0. The van der Waals surface area contributed by atoms with Crippen molar-refractivity contribution >= 4 is 0 Å². The van der Waals surface area contributed by atoms with Gasteiger partial charge in [-0.1, -0.05) is 23.8 Å². The van der Waals surface area contributed by atoms with Crippen LogP contribution >= 0.6 is 0 Å².